The maximum Gasteiger partial charge on any atom is 0.263 e. The first-order valence-corrected chi connectivity index (χ1v) is 7.42. The van der Waals surface area contributed by atoms with Gasteiger partial charge in [0.2, 0.25) is 0 Å². The lowest BCUT2D eigenvalue weighted by atomic mass is 10.0. The lowest BCUT2D eigenvalue weighted by molar-refractivity contribution is 0.151. The van der Waals surface area contributed by atoms with Crippen LogP contribution >= 0.6 is 0 Å². The molecule has 1 nitrogen and oxygen atoms in total. The van der Waals surface area contributed by atoms with Crippen LogP contribution in [0, 0.1) is 0 Å². The highest BCUT2D eigenvalue weighted by Crippen LogP contribution is 2.25. The molecule has 0 unspecified atom stereocenters. The van der Waals surface area contributed by atoms with Gasteiger partial charge in [-0.1, -0.05) is 48.5 Å². The molecule has 21 heavy (non-hydrogen) atoms. The minimum absolute atomic E-state index is 0.0735. The smallest absolute Gasteiger partial charge is 0.263 e. The van der Waals surface area contributed by atoms with E-state index in [0.717, 1.165) is 17.7 Å². The number of hydrogen-bond acceptors (Lipinski definition) is 1. The molecular formula is C18H19F2N. The van der Waals surface area contributed by atoms with Gasteiger partial charge in [-0.3, -0.25) is 4.90 Å². The average Bonchev–Trinajstić information content (AvgIpc) is 3.01. The SMILES string of the molecule is FC(F)c1ccc(-c2ccc(CN3CCCC3)cc2)cc1. The van der Waals surface area contributed by atoms with Gasteiger partial charge >= 0.3 is 0 Å². The lowest BCUT2D eigenvalue weighted by Crippen LogP contribution is -2.18. The van der Waals surface area contributed by atoms with Gasteiger partial charge in [-0.25, -0.2) is 8.78 Å². The van der Waals surface area contributed by atoms with E-state index in [1.807, 2.05) is 0 Å². The number of alkyl halides is 2. The summed E-state index contributed by atoms with van der Waals surface area (Å²) in [6.07, 6.45) is 0.199. The van der Waals surface area contributed by atoms with E-state index in [9.17, 15) is 8.78 Å². The Morgan fingerprint density at radius 1 is 0.810 bits per heavy atom. The maximum atomic E-state index is 12.5. The van der Waals surface area contributed by atoms with E-state index in [2.05, 4.69) is 29.2 Å². The third-order valence-corrected chi connectivity index (χ3v) is 4.05. The van der Waals surface area contributed by atoms with Gasteiger partial charge in [-0.05, 0) is 42.6 Å². The van der Waals surface area contributed by atoms with E-state index in [-0.39, 0.29) is 5.56 Å². The van der Waals surface area contributed by atoms with Crippen molar-refractivity contribution in [3.63, 3.8) is 0 Å². The largest absolute Gasteiger partial charge is 0.299 e. The summed E-state index contributed by atoms with van der Waals surface area (Å²) in [5, 5.41) is 0. The number of rotatable bonds is 4. The lowest BCUT2D eigenvalue weighted by Gasteiger charge is -2.14. The monoisotopic (exact) mass is 287 g/mol. The second-order valence-corrected chi connectivity index (χ2v) is 5.60. The molecule has 0 radical (unpaired) electrons. The molecule has 3 heteroatoms. The quantitative estimate of drug-likeness (QED) is 0.774. The molecule has 0 N–H and O–H groups in total. The Balaban J connectivity index is 1.70. The summed E-state index contributed by atoms with van der Waals surface area (Å²) >= 11 is 0. The molecule has 110 valence electrons. The number of likely N-dealkylation sites (tertiary alicyclic amines) is 1. The summed E-state index contributed by atoms with van der Waals surface area (Å²) in [5.41, 5.74) is 3.43. The fraction of sp³-hybridized carbons (Fsp3) is 0.333. The summed E-state index contributed by atoms with van der Waals surface area (Å²) in [6, 6.07) is 14.9. The predicted octanol–water partition coefficient (Wildman–Crippen LogP) is 4.89. The first-order valence-electron chi connectivity index (χ1n) is 7.42. The number of hydrogen-bond donors (Lipinski definition) is 0. The molecule has 0 atom stereocenters. The first-order chi connectivity index (χ1) is 10.2. The number of nitrogens with zero attached hydrogens (tertiary/aromatic N) is 1. The van der Waals surface area contributed by atoms with E-state index >= 15 is 0 Å². The molecule has 0 aromatic heterocycles. The normalized spacial score (nSPS) is 15.8. The Bertz CT molecular complexity index is 569. The number of halogens is 2. The first kappa shape index (κ1) is 14.2. The van der Waals surface area contributed by atoms with Crippen molar-refractivity contribution in [1.82, 2.24) is 4.90 Å². The molecule has 1 aliphatic heterocycles. The predicted molar refractivity (Wildman–Crippen MR) is 81.3 cm³/mol. The topological polar surface area (TPSA) is 3.24 Å². The summed E-state index contributed by atoms with van der Waals surface area (Å²) in [4.78, 5) is 2.46. The zero-order valence-electron chi connectivity index (χ0n) is 11.9. The molecule has 1 aliphatic rings. The van der Waals surface area contributed by atoms with Gasteiger partial charge in [-0.2, -0.15) is 0 Å². The van der Waals surface area contributed by atoms with Gasteiger partial charge in [0.15, 0.2) is 0 Å². The third-order valence-electron chi connectivity index (χ3n) is 4.05. The maximum absolute atomic E-state index is 12.5. The highest BCUT2D eigenvalue weighted by molar-refractivity contribution is 5.64. The van der Waals surface area contributed by atoms with Crippen molar-refractivity contribution in [2.75, 3.05) is 13.1 Å². The van der Waals surface area contributed by atoms with Crippen LogP contribution in [0.15, 0.2) is 48.5 Å². The van der Waals surface area contributed by atoms with Gasteiger partial charge < -0.3 is 0 Å². The summed E-state index contributed by atoms with van der Waals surface area (Å²) in [5.74, 6) is 0. The summed E-state index contributed by atoms with van der Waals surface area (Å²) in [7, 11) is 0. The minimum Gasteiger partial charge on any atom is -0.299 e. The van der Waals surface area contributed by atoms with Gasteiger partial charge in [0.1, 0.15) is 0 Å². The van der Waals surface area contributed by atoms with Crippen LogP contribution in [0.25, 0.3) is 11.1 Å². The van der Waals surface area contributed by atoms with Gasteiger partial charge in [0, 0.05) is 12.1 Å². The van der Waals surface area contributed by atoms with Crippen molar-refractivity contribution in [2.45, 2.75) is 25.8 Å². The van der Waals surface area contributed by atoms with E-state index in [4.69, 9.17) is 0 Å². The zero-order chi connectivity index (χ0) is 14.7. The molecule has 2 aromatic carbocycles. The third kappa shape index (κ3) is 3.48. The second kappa shape index (κ2) is 6.35. The summed E-state index contributed by atoms with van der Waals surface area (Å²) < 4.78 is 25.1. The molecule has 1 fully saturated rings. The Hall–Kier alpha value is -1.74. The van der Waals surface area contributed by atoms with Crippen LogP contribution in [0.5, 0.6) is 0 Å². The van der Waals surface area contributed by atoms with Crippen LogP contribution in [0.1, 0.15) is 30.4 Å². The molecule has 0 bridgehead atoms. The highest BCUT2D eigenvalue weighted by Gasteiger charge is 2.11. The van der Waals surface area contributed by atoms with E-state index < -0.39 is 6.43 Å². The fourth-order valence-electron chi connectivity index (χ4n) is 2.82. The Labute approximate surface area is 124 Å². The average molecular weight is 287 g/mol. The molecule has 3 rings (SSSR count). The molecule has 1 saturated heterocycles. The second-order valence-electron chi connectivity index (χ2n) is 5.60. The van der Waals surface area contributed by atoms with Gasteiger partial charge in [-0.15, -0.1) is 0 Å². The van der Waals surface area contributed by atoms with Crippen LogP contribution in [0.2, 0.25) is 0 Å². The molecule has 0 saturated carbocycles. The molecule has 0 spiro atoms. The Kier molecular flexibility index (Phi) is 4.30. The van der Waals surface area contributed by atoms with Crippen LogP contribution < -0.4 is 0 Å². The van der Waals surface area contributed by atoms with Crippen molar-refractivity contribution >= 4 is 0 Å². The molecule has 0 aliphatic carbocycles. The number of benzene rings is 2. The molecule has 1 heterocycles. The van der Waals surface area contributed by atoms with Crippen LogP contribution in [-0.2, 0) is 6.54 Å². The van der Waals surface area contributed by atoms with E-state index in [0.29, 0.717) is 0 Å². The van der Waals surface area contributed by atoms with Crippen LogP contribution in [0.3, 0.4) is 0 Å². The molecule has 0 amide bonds. The Morgan fingerprint density at radius 2 is 1.33 bits per heavy atom. The highest BCUT2D eigenvalue weighted by atomic mass is 19.3. The van der Waals surface area contributed by atoms with E-state index in [1.54, 1.807) is 12.1 Å². The Morgan fingerprint density at radius 3 is 1.86 bits per heavy atom. The minimum atomic E-state index is -2.40. The zero-order valence-corrected chi connectivity index (χ0v) is 11.9. The van der Waals surface area contributed by atoms with Crippen molar-refractivity contribution in [1.29, 1.82) is 0 Å². The van der Waals surface area contributed by atoms with Crippen LogP contribution in [-0.4, -0.2) is 18.0 Å². The van der Waals surface area contributed by atoms with Crippen molar-refractivity contribution in [2.24, 2.45) is 0 Å². The van der Waals surface area contributed by atoms with Crippen LogP contribution in [0.4, 0.5) is 8.78 Å². The van der Waals surface area contributed by atoms with Gasteiger partial charge in [0.05, 0.1) is 0 Å². The van der Waals surface area contributed by atoms with Gasteiger partial charge in [0.25, 0.3) is 6.43 Å². The molecule has 2 aromatic rings. The molecular weight excluding hydrogens is 268 g/mol. The van der Waals surface area contributed by atoms with Crippen molar-refractivity contribution < 1.29 is 8.78 Å². The standard InChI is InChI=1S/C18H19F2N/c19-18(20)17-9-7-16(8-10-17)15-5-3-14(4-6-15)13-21-11-1-2-12-21/h3-10,18H,1-2,11-13H2. The van der Waals surface area contributed by atoms with Crippen molar-refractivity contribution in [3.05, 3.63) is 59.7 Å². The van der Waals surface area contributed by atoms with E-state index in [1.165, 1.54) is 43.6 Å². The fourth-order valence-corrected chi connectivity index (χ4v) is 2.82. The summed E-state index contributed by atoms with van der Waals surface area (Å²) in [6.45, 7) is 3.39. The van der Waals surface area contributed by atoms with Crippen molar-refractivity contribution in [3.8, 4) is 11.1 Å².